The van der Waals surface area contributed by atoms with Crippen LogP contribution in [0, 0.1) is 13.8 Å². The molecule has 0 N–H and O–H groups in total. The molecular formula is C22H24N4O. The van der Waals surface area contributed by atoms with Crippen LogP contribution < -0.4 is 4.90 Å². The van der Waals surface area contributed by atoms with Crippen molar-refractivity contribution in [2.24, 2.45) is 0 Å². The second-order valence-electron chi connectivity index (χ2n) is 7.07. The molecule has 0 radical (unpaired) electrons. The number of hydrogen-bond donors (Lipinski definition) is 0. The van der Waals surface area contributed by atoms with Crippen LogP contribution >= 0.6 is 0 Å². The highest BCUT2D eigenvalue weighted by molar-refractivity contribution is 5.59. The largest absolute Gasteiger partial charge is 0.367 e. The zero-order valence-electron chi connectivity index (χ0n) is 16.0. The Morgan fingerprint density at radius 1 is 1.00 bits per heavy atom. The van der Waals surface area contributed by atoms with E-state index in [-0.39, 0.29) is 12.2 Å². The number of pyridine rings is 1. The maximum atomic E-state index is 6.21. The summed E-state index contributed by atoms with van der Waals surface area (Å²) in [6, 6.07) is 14.3. The van der Waals surface area contributed by atoms with E-state index < -0.39 is 0 Å². The van der Waals surface area contributed by atoms with Crippen LogP contribution in [0.2, 0.25) is 0 Å². The molecule has 0 saturated carbocycles. The molecule has 27 heavy (non-hydrogen) atoms. The molecule has 138 valence electrons. The van der Waals surface area contributed by atoms with Crippen molar-refractivity contribution in [2.75, 3.05) is 18.0 Å². The van der Waals surface area contributed by atoms with E-state index in [9.17, 15) is 0 Å². The maximum absolute atomic E-state index is 6.21. The summed E-state index contributed by atoms with van der Waals surface area (Å²) in [7, 11) is 0. The summed E-state index contributed by atoms with van der Waals surface area (Å²) in [4.78, 5) is 16.1. The molecular weight excluding hydrogens is 336 g/mol. The van der Waals surface area contributed by atoms with Crippen molar-refractivity contribution in [2.45, 2.75) is 33.0 Å². The van der Waals surface area contributed by atoms with Gasteiger partial charge in [-0.1, -0.05) is 30.3 Å². The fourth-order valence-electron chi connectivity index (χ4n) is 3.52. The zero-order chi connectivity index (χ0) is 18.8. The predicted octanol–water partition coefficient (Wildman–Crippen LogP) is 4.12. The molecule has 2 unspecified atom stereocenters. The second kappa shape index (κ2) is 7.45. The summed E-state index contributed by atoms with van der Waals surface area (Å²) in [5.74, 6) is 1.70. The van der Waals surface area contributed by atoms with E-state index in [0.29, 0.717) is 0 Å². The first-order chi connectivity index (χ1) is 13.1. The number of aryl methyl sites for hydroxylation is 1. The van der Waals surface area contributed by atoms with Crippen molar-refractivity contribution >= 4 is 5.82 Å². The Bertz CT molecular complexity index is 914. The van der Waals surface area contributed by atoms with Gasteiger partial charge in [0.15, 0.2) is 5.82 Å². The third kappa shape index (κ3) is 3.69. The van der Waals surface area contributed by atoms with Gasteiger partial charge in [0.1, 0.15) is 11.9 Å². The molecule has 1 fully saturated rings. The first kappa shape index (κ1) is 17.6. The molecule has 3 aromatic rings. The van der Waals surface area contributed by atoms with E-state index in [0.717, 1.165) is 41.6 Å². The van der Waals surface area contributed by atoms with Crippen molar-refractivity contribution in [3.8, 4) is 11.4 Å². The van der Waals surface area contributed by atoms with Crippen LogP contribution in [0.5, 0.6) is 0 Å². The summed E-state index contributed by atoms with van der Waals surface area (Å²) in [6.45, 7) is 7.84. The topological polar surface area (TPSA) is 51.1 Å². The van der Waals surface area contributed by atoms with Crippen LogP contribution in [0.4, 0.5) is 5.82 Å². The molecule has 1 aliphatic heterocycles. The van der Waals surface area contributed by atoms with E-state index >= 15 is 0 Å². The minimum atomic E-state index is 0.0338. The normalized spacial score (nSPS) is 19.9. The van der Waals surface area contributed by atoms with E-state index in [4.69, 9.17) is 9.72 Å². The van der Waals surface area contributed by atoms with Gasteiger partial charge >= 0.3 is 0 Å². The van der Waals surface area contributed by atoms with E-state index in [1.165, 1.54) is 5.56 Å². The van der Waals surface area contributed by atoms with Gasteiger partial charge in [0.25, 0.3) is 0 Å². The second-order valence-corrected chi connectivity index (χ2v) is 7.07. The van der Waals surface area contributed by atoms with E-state index in [1.807, 2.05) is 31.3 Å². The SMILES string of the molecule is Cc1nc(-c2cccnc2)nc(N2CC(C)OC(c3ccccc3)C2)c1C. The van der Waals surface area contributed by atoms with Gasteiger partial charge in [0, 0.05) is 42.3 Å². The van der Waals surface area contributed by atoms with Gasteiger partial charge in [-0.05, 0) is 38.5 Å². The fraction of sp³-hybridized carbons (Fsp3) is 0.318. The molecule has 5 nitrogen and oxygen atoms in total. The van der Waals surface area contributed by atoms with Gasteiger partial charge in [-0.15, -0.1) is 0 Å². The van der Waals surface area contributed by atoms with Crippen LogP contribution in [-0.2, 0) is 4.74 Å². The van der Waals surface area contributed by atoms with Gasteiger partial charge in [-0.25, -0.2) is 9.97 Å². The van der Waals surface area contributed by atoms with Crippen molar-refractivity contribution in [3.05, 3.63) is 71.7 Å². The van der Waals surface area contributed by atoms with Gasteiger partial charge < -0.3 is 9.64 Å². The third-order valence-corrected chi connectivity index (χ3v) is 5.01. The van der Waals surface area contributed by atoms with Crippen LogP contribution in [0.3, 0.4) is 0 Å². The Hall–Kier alpha value is -2.79. The molecule has 2 aromatic heterocycles. The number of ether oxygens (including phenoxy) is 1. The minimum absolute atomic E-state index is 0.0338. The smallest absolute Gasteiger partial charge is 0.163 e. The molecule has 0 amide bonds. The van der Waals surface area contributed by atoms with Crippen LogP contribution in [-0.4, -0.2) is 34.1 Å². The summed E-state index contributed by atoms with van der Waals surface area (Å²) in [6.07, 6.45) is 3.73. The van der Waals surface area contributed by atoms with Crippen LogP contribution in [0.15, 0.2) is 54.9 Å². The molecule has 1 aromatic carbocycles. The van der Waals surface area contributed by atoms with Crippen molar-refractivity contribution in [1.82, 2.24) is 15.0 Å². The lowest BCUT2D eigenvalue weighted by atomic mass is 10.1. The number of hydrogen-bond acceptors (Lipinski definition) is 5. The number of anilines is 1. The lowest BCUT2D eigenvalue weighted by Gasteiger charge is -2.38. The van der Waals surface area contributed by atoms with E-state index in [1.54, 1.807) is 6.20 Å². The van der Waals surface area contributed by atoms with Gasteiger partial charge in [0.2, 0.25) is 0 Å². The average Bonchev–Trinajstić information content (AvgIpc) is 2.71. The Balaban J connectivity index is 1.70. The summed E-state index contributed by atoms with van der Waals surface area (Å²) >= 11 is 0. The van der Waals surface area contributed by atoms with Crippen molar-refractivity contribution in [1.29, 1.82) is 0 Å². The summed E-state index contributed by atoms with van der Waals surface area (Å²) in [5, 5.41) is 0. The predicted molar refractivity (Wildman–Crippen MR) is 107 cm³/mol. The first-order valence-corrected chi connectivity index (χ1v) is 9.33. The number of morpholine rings is 1. The molecule has 4 rings (SSSR count). The standard InChI is InChI=1S/C22H24N4O/c1-15-13-26(14-20(27-15)18-8-5-4-6-9-18)22-16(2)17(3)24-21(25-22)19-10-7-11-23-12-19/h4-12,15,20H,13-14H2,1-3H3. The molecule has 1 saturated heterocycles. The maximum Gasteiger partial charge on any atom is 0.163 e. The van der Waals surface area contributed by atoms with Crippen molar-refractivity contribution in [3.63, 3.8) is 0 Å². The summed E-state index contributed by atoms with van der Waals surface area (Å²) < 4.78 is 6.21. The third-order valence-electron chi connectivity index (χ3n) is 5.01. The average molecular weight is 360 g/mol. The zero-order valence-corrected chi connectivity index (χ0v) is 16.0. The van der Waals surface area contributed by atoms with Gasteiger partial charge in [-0.3, -0.25) is 4.98 Å². The van der Waals surface area contributed by atoms with Crippen LogP contribution in [0.1, 0.15) is 29.8 Å². The quantitative estimate of drug-likeness (QED) is 0.703. The molecule has 3 heterocycles. The lowest BCUT2D eigenvalue weighted by Crippen LogP contribution is -2.43. The Morgan fingerprint density at radius 3 is 2.56 bits per heavy atom. The molecule has 2 atom stereocenters. The summed E-state index contributed by atoms with van der Waals surface area (Å²) in [5.41, 5.74) is 4.24. The lowest BCUT2D eigenvalue weighted by molar-refractivity contribution is -0.0176. The molecule has 0 aliphatic carbocycles. The first-order valence-electron chi connectivity index (χ1n) is 9.33. The van der Waals surface area contributed by atoms with Crippen molar-refractivity contribution < 1.29 is 4.74 Å². The Labute approximate surface area is 160 Å². The highest BCUT2D eigenvalue weighted by Gasteiger charge is 2.28. The van der Waals surface area contributed by atoms with Gasteiger partial charge in [0.05, 0.1) is 6.10 Å². The molecule has 5 heteroatoms. The number of benzene rings is 1. The molecule has 1 aliphatic rings. The van der Waals surface area contributed by atoms with Crippen LogP contribution in [0.25, 0.3) is 11.4 Å². The minimum Gasteiger partial charge on any atom is -0.367 e. The highest BCUT2D eigenvalue weighted by atomic mass is 16.5. The Morgan fingerprint density at radius 2 is 1.81 bits per heavy atom. The monoisotopic (exact) mass is 360 g/mol. The number of nitrogens with zero attached hydrogens (tertiary/aromatic N) is 4. The fourth-order valence-corrected chi connectivity index (χ4v) is 3.52. The number of rotatable bonds is 3. The highest BCUT2D eigenvalue weighted by Crippen LogP contribution is 2.31. The van der Waals surface area contributed by atoms with Gasteiger partial charge in [-0.2, -0.15) is 0 Å². The Kier molecular flexibility index (Phi) is 4.86. The molecule has 0 bridgehead atoms. The van der Waals surface area contributed by atoms with E-state index in [2.05, 4.69) is 53.0 Å². The number of aromatic nitrogens is 3. The molecule has 0 spiro atoms.